The number of aromatic nitrogens is 3. The summed E-state index contributed by atoms with van der Waals surface area (Å²) in [6.07, 6.45) is 0.103. The van der Waals surface area contributed by atoms with Gasteiger partial charge < -0.3 is 0 Å². The third-order valence-corrected chi connectivity index (χ3v) is 4.46. The van der Waals surface area contributed by atoms with E-state index in [1.807, 2.05) is 30.3 Å². The lowest BCUT2D eigenvalue weighted by Gasteiger charge is -2.14. The van der Waals surface area contributed by atoms with Gasteiger partial charge in [0.1, 0.15) is 5.69 Å². The molecule has 0 saturated heterocycles. The Morgan fingerprint density at radius 3 is 2.39 bits per heavy atom. The topological polar surface area (TPSA) is 71.8 Å². The maximum Gasteiger partial charge on any atom is 0.418 e. The molecule has 156 valence electrons. The quantitative estimate of drug-likeness (QED) is 0.456. The highest BCUT2D eigenvalue weighted by Crippen LogP contribution is 2.34. The van der Waals surface area contributed by atoms with E-state index < -0.39 is 17.6 Å². The SMILES string of the molecule is O=C(NNc1ccccc1C(F)(F)F)c1cn(-c2ccccc2)nc1-c1cccnc1. The monoisotopic (exact) mass is 423 g/mol. The number of hydrazine groups is 1. The van der Waals surface area contributed by atoms with E-state index in [-0.39, 0.29) is 11.3 Å². The number of nitrogens with zero attached hydrogens (tertiary/aromatic N) is 3. The van der Waals surface area contributed by atoms with Crippen LogP contribution in [0.4, 0.5) is 18.9 Å². The number of hydrogen-bond acceptors (Lipinski definition) is 4. The minimum absolute atomic E-state index is 0.175. The van der Waals surface area contributed by atoms with Crippen molar-refractivity contribution in [1.82, 2.24) is 20.2 Å². The van der Waals surface area contributed by atoms with Gasteiger partial charge in [-0.3, -0.25) is 20.6 Å². The number of pyridine rings is 1. The van der Waals surface area contributed by atoms with Gasteiger partial charge in [0.2, 0.25) is 0 Å². The lowest BCUT2D eigenvalue weighted by molar-refractivity contribution is -0.137. The van der Waals surface area contributed by atoms with Gasteiger partial charge in [0.05, 0.1) is 22.5 Å². The van der Waals surface area contributed by atoms with Gasteiger partial charge in [-0.1, -0.05) is 30.3 Å². The molecule has 6 nitrogen and oxygen atoms in total. The molecule has 0 aliphatic carbocycles. The minimum atomic E-state index is -4.56. The van der Waals surface area contributed by atoms with Crippen LogP contribution in [-0.2, 0) is 6.18 Å². The zero-order valence-electron chi connectivity index (χ0n) is 16.0. The Bertz CT molecular complexity index is 1190. The van der Waals surface area contributed by atoms with Crippen molar-refractivity contribution in [2.75, 3.05) is 5.43 Å². The molecule has 2 aromatic carbocycles. The average Bonchev–Trinajstić information content (AvgIpc) is 3.24. The molecule has 2 heterocycles. The van der Waals surface area contributed by atoms with Crippen molar-refractivity contribution >= 4 is 11.6 Å². The molecule has 4 rings (SSSR count). The Labute approximate surface area is 175 Å². The van der Waals surface area contributed by atoms with E-state index in [2.05, 4.69) is 20.9 Å². The van der Waals surface area contributed by atoms with E-state index in [0.29, 0.717) is 11.3 Å². The summed E-state index contributed by atoms with van der Waals surface area (Å²) in [5.74, 6) is -0.641. The smallest absolute Gasteiger partial charge is 0.298 e. The van der Waals surface area contributed by atoms with E-state index in [0.717, 1.165) is 11.8 Å². The molecule has 0 aliphatic heterocycles. The molecule has 0 atom stereocenters. The largest absolute Gasteiger partial charge is 0.418 e. The van der Waals surface area contributed by atoms with Crippen molar-refractivity contribution in [2.45, 2.75) is 6.18 Å². The number of rotatable bonds is 5. The highest BCUT2D eigenvalue weighted by atomic mass is 19.4. The predicted molar refractivity (Wildman–Crippen MR) is 109 cm³/mol. The van der Waals surface area contributed by atoms with Crippen LogP contribution in [0.3, 0.4) is 0 Å². The molecular weight excluding hydrogens is 407 g/mol. The van der Waals surface area contributed by atoms with Crippen molar-refractivity contribution in [1.29, 1.82) is 0 Å². The van der Waals surface area contributed by atoms with Crippen LogP contribution in [0, 0.1) is 0 Å². The Balaban J connectivity index is 1.66. The number of amides is 1. The second-order valence-corrected chi connectivity index (χ2v) is 6.54. The van der Waals surface area contributed by atoms with E-state index in [9.17, 15) is 18.0 Å². The summed E-state index contributed by atoms with van der Waals surface area (Å²) in [6.45, 7) is 0. The molecule has 0 saturated carbocycles. The number of benzene rings is 2. The summed E-state index contributed by atoms with van der Waals surface area (Å²) in [5, 5.41) is 4.49. The molecule has 2 aromatic heterocycles. The average molecular weight is 423 g/mol. The molecule has 2 N–H and O–H groups in total. The molecular formula is C22H16F3N5O. The van der Waals surface area contributed by atoms with Gasteiger partial charge in [0.25, 0.3) is 5.91 Å². The molecule has 1 amide bonds. The number of alkyl halides is 3. The fourth-order valence-electron chi connectivity index (χ4n) is 3.00. The number of carbonyl (C=O) groups excluding carboxylic acids is 1. The molecule has 0 bridgehead atoms. The fraction of sp³-hybridized carbons (Fsp3) is 0.0455. The van der Waals surface area contributed by atoms with E-state index in [4.69, 9.17) is 0 Å². The number of halogens is 3. The second kappa shape index (κ2) is 8.31. The van der Waals surface area contributed by atoms with Gasteiger partial charge in [0, 0.05) is 24.2 Å². The molecule has 0 spiro atoms. The van der Waals surface area contributed by atoms with Crippen LogP contribution in [0.2, 0.25) is 0 Å². The first-order valence-electron chi connectivity index (χ1n) is 9.21. The third kappa shape index (κ3) is 4.40. The van der Waals surface area contributed by atoms with Crippen molar-refractivity contribution in [3.05, 3.63) is 96.4 Å². The van der Waals surface area contributed by atoms with Gasteiger partial charge in [-0.15, -0.1) is 0 Å². The van der Waals surface area contributed by atoms with Crippen molar-refractivity contribution in [3.63, 3.8) is 0 Å². The fourth-order valence-corrected chi connectivity index (χ4v) is 3.00. The lowest BCUT2D eigenvalue weighted by atomic mass is 10.1. The maximum absolute atomic E-state index is 13.2. The Morgan fingerprint density at radius 2 is 1.68 bits per heavy atom. The highest BCUT2D eigenvalue weighted by molar-refractivity contribution is 6.00. The van der Waals surface area contributed by atoms with E-state index >= 15 is 0 Å². The van der Waals surface area contributed by atoms with Crippen LogP contribution < -0.4 is 10.9 Å². The van der Waals surface area contributed by atoms with Gasteiger partial charge >= 0.3 is 6.18 Å². The van der Waals surface area contributed by atoms with Crippen molar-refractivity contribution in [2.24, 2.45) is 0 Å². The Hall–Kier alpha value is -4.14. The number of carbonyl (C=O) groups is 1. The maximum atomic E-state index is 13.2. The number of nitrogens with one attached hydrogen (secondary N) is 2. The van der Waals surface area contributed by atoms with Crippen molar-refractivity contribution < 1.29 is 18.0 Å². The van der Waals surface area contributed by atoms with Crippen LogP contribution >= 0.6 is 0 Å². The summed E-state index contributed by atoms with van der Waals surface area (Å²) >= 11 is 0. The molecule has 9 heteroatoms. The van der Waals surface area contributed by atoms with Gasteiger partial charge in [-0.05, 0) is 36.4 Å². The molecule has 0 fully saturated rings. The third-order valence-electron chi connectivity index (χ3n) is 4.46. The van der Waals surface area contributed by atoms with Crippen LogP contribution in [0.5, 0.6) is 0 Å². The first-order chi connectivity index (χ1) is 14.9. The first-order valence-corrected chi connectivity index (χ1v) is 9.21. The second-order valence-electron chi connectivity index (χ2n) is 6.54. The summed E-state index contributed by atoms with van der Waals surface area (Å²) in [5.41, 5.74) is 5.41. The van der Waals surface area contributed by atoms with Gasteiger partial charge in [-0.2, -0.15) is 18.3 Å². The van der Waals surface area contributed by atoms with Gasteiger partial charge in [-0.25, -0.2) is 4.68 Å². The standard InChI is InChI=1S/C22H16F3N5O/c23-22(24,25)18-10-4-5-11-19(18)27-28-21(31)17-14-30(16-8-2-1-3-9-16)29-20(17)15-7-6-12-26-13-15/h1-14,27H,(H,28,31). The van der Waals surface area contributed by atoms with E-state index in [1.165, 1.54) is 29.1 Å². The summed E-state index contributed by atoms with van der Waals surface area (Å²) in [7, 11) is 0. The molecule has 31 heavy (non-hydrogen) atoms. The number of para-hydroxylation sites is 2. The van der Waals surface area contributed by atoms with Crippen LogP contribution in [0.25, 0.3) is 16.9 Å². The summed E-state index contributed by atoms with van der Waals surface area (Å²) in [4.78, 5) is 16.9. The zero-order valence-corrected chi connectivity index (χ0v) is 16.0. The minimum Gasteiger partial charge on any atom is -0.298 e. The molecule has 0 aliphatic rings. The summed E-state index contributed by atoms with van der Waals surface area (Å²) < 4.78 is 41.1. The van der Waals surface area contributed by atoms with Crippen LogP contribution in [0.1, 0.15) is 15.9 Å². The highest BCUT2D eigenvalue weighted by Gasteiger charge is 2.33. The van der Waals surface area contributed by atoms with Crippen LogP contribution in [0.15, 0.2) is 85.3 Å². The van der Waals surface area contributed by atoms with Crippen LogP contribution in [-0.4, -0.2) is 20.7 Å². The summed E-state index contributed by atoms with van der Waals surface area (Å²) in [6, 6.07) is 17.5. The van der Waals surface area contributed by atoms with Gasteiger partial charge in [0.15, 0.2) is 0 Å². The predicted octanol–water partition coefficient (Wildman–Crippen LogP) is 4.71. The first kappa shape index (κ1) is 20.1. The number of hydrogen-bond donors (Lipinski definition) is 2. The molecule has 0 unspecified atom stereocenters. The normalized spacial score (nSPS) is 11.2. The zero-order chi connectivity index (χ0) is 21.8. The molecule has 0 radical (unpaired) electrons. The molecule has 4 aromatic rings. The Morgan fingerprint density at radius 1 is 0.935 bits per heavy atom. The van der Waals surface area contributed by atoms with E-state index in [1.54, 1.807) is 24.5 Å². The van der Waals surface area contributed by atoms with Crippen molar-refractivity contribution in [3.8, 4) is 16.9 Å². The lowest BCUT2D eigenvalue weighted by Crippen LogP contribution is -2.30. The Kier molecular flexibility index (Phi) is 5.40. The number of anilines is 1.